The zero-order valence-corrected chi connectivity index (χ0v) is 13.8. The molecule has 0 bridgehead atoms. The quantitative estimate of drug-likeness (QED) is 0.639. The lowest BCUT2D eigenvalue weighted by molar-refractivity contribution is -0.140. The highest BCUT2D eigenvalue weighted by Gasteiger charge is 2.32. The summed E-state index contributed by atoms with van der Waals surface area (Å²) in [4.78, 5) is 23.4. The average molecular weight is 350 g/mol. The molecule has 0 spiro atoms. The maximum Gasteiger partial charge on any atom is 0.337 e. The summed E-state index contributed by atoms with van der Waals surface area (Å²) in [6.07, 6.45) is 2.89. The van der Waals surface area contributed by atoms with Crippen LogP contribution in [0.2, 0.25) is 0 Å². The second-order valence-corrected chi connectivity index (χ2v) is 5.86. The molecule has 0 heterocycles. The lowest BCUT2D eigenvalue weighted by atomic mass is 9.89. The normalized spacial score (nSPS) is 19.1. The van der Waals surface area contributed by atoms with E-state index in [1.165, 1.54) is 12.2 Å². The fraction of sp³-hybridized carbons (Fsp3) is 0.100. The molecule has 2 unspecified atom stereocenters. The van der Waals surface area contributed by atoms with E-state index in [2.05, 4.69) is 10.6 Å². The van der Waals surface area contributed by atoms with Crippen molar-refractivity contribution in [2.45, 2.75) is 6.04 Å². The van der Waals surface area contributed by atoms with E-state index in [0.29, 0.717) is 5.69 Å². The molecule has 26 heavy (non-hydrogen) atoms. The largest absolute Gasteiger partial charge is 0.481 e. The fourth-order valence-corrected chi connectivity index (χ4v) is 2.80. The van der Waals surface area contributed by atoms with Gasteiger partial charge in [0.1, 0.15) is 5.92 Å². The van der Waals surface area contributed by atoms with Crippen LogP contribution in [0.1, 0.15) is 0 Å². The number of anilines is 2. The molecule has 2 aromatic carbocycles. The minimum absolute atomic E-state index is 0.0276. The van der Waals surface area contributed by atoms with Crippen LogP contribution in [0.15, 0.2) is 84.1 Å². The number of carboxylic acid groups (broad SMARTS) is 2. The molecule has 2 atom stereocenters. The number of aliphatic carboxylic acids is 2. The molecule has 0 aromatic heterocycles. The fourth-order valence-electron chi connectivity index (χ4n) is 2.80. The summed E-state index contributed by atoms with van der Waals surface area (Å²) < 4.78 is 0. The Kier molecular flexibility index (Phi) is 5.03. The van der Waals surface area contributed by atoms with Crippen LogP contribution in [0.3, 0.4) is 0 Å². The van der Waals surface area contributed by atoms with Gasteiger partial charge in [0, 0.05) is 17.1 Å². The van der Waals surface area contributed by atoms with Crippen molar-refractivity contribution < 1.29 is 19.8 Å². The standard InChI is InChI=1S/C20H18N2O4/c23-19(24)15-12-18(22-14-9-5-2-6-10-14)16(20(25)26)11-17(15)21-13-7-3-1-4-8-13/h1-12,15,17,21-22H,(H,23,24)(H,25,26). The van der Waals surface area contributed by atoms with Gasteiger partial charge < -0.3 is 20.8 Å². The molecular formula is C20H18N2O4. The molecule has 0 saturated heterocycles. The van der Waals surface area contributed by atoms with Gasteiger partial charge in [-0.3, -0.25) is 4.79 Å². The number of hydrogen-bond acceptors (Lipinski definition) is 4. The molecule has 6 heteroatoms. The van der Waals surface area contributed by atoms with Crippen molar-refractivity contribution in [1.82, 2.24) is 0 Å². The van der Waals surface area contributed by atoms with Gasteiger partial charge in [-0.05, 0) is 36.4 Å². The molecule has 0 saturated carbocycles. The van der Waals surface area contributed by atoms with Crippen LogP contribution in [0, 0.1) is 5.92 Å². The van der Waals surface area contributed by atoms with Crippen molar-refractivity contribution in [1.29, 1.82) is 0 Å². The van der Waals surface area contributed by atoms with E-state index in [0.717, 1.165) is 5.69 Å². The summed E-state index contributed by atoms with van der Waals surface area (Å²) in [6.45, 7) is 0. The monoisotopic (exact) mass is 350 g/mol. The number of carbonyl (C=O) groups is 2. The van der Waals surface area contributed by atoms with Crippen molar-refractivity contribution in [2.24, 2.45) is 5.92 Å². The highest BCUT2D eigenvalue weighted by molar-refractivity contribution is 5.94. The van der Waals surface area contributed by atoms with Gasteiger partial charge in [-0.25, -0.2) is 4.79 Å². The van der Waals surface area contributed by atoms with Crippen molar-refractivity contribution in [3.8, 4) is 0 Å². The third-order valence-electron chi connectivity index (χ3n) is 4.04. The van der Waals surface area contributed by atoms with E-state index < -0.39 is 23.9 Å². The van der Waals surface area contributed by atoms with Crippen molar-refractivity contribution in [2.75, 3.05) is 10.6 Å². The van der Waals surface area contributed by atoms with Crippen molar-refractivity contribution >= 4 is 23.3 Å². The summed E-state index contributed by atoms with van der Waals surface area (Å²) in [5.41, 5.74) is 1.70. The Labute approximate surface area is 150 Å². The molecule has 0 amide bonds. The van der Waals surface area contributed by atoms with Crippen molar-refractivity contribution in [3.63, 3.8) is 0 Å². The van der Waals surface area contributed by atoms with Gasteiger partial charge in [0.15, 0.2) is 0 Å². The highest BCUT2D eigenvalue weighted by Crippen LogP contribution is 2.27. The van der Waals surface area contributed by atoms with Crippen molar-refractivity contribution in [3.05, 3.63) is 84.1 Å². The minimum Gasteiger partial charge on any atom is -0.481 e. The second-order valence-electron chi connectivity index (χ2n) is 5.86. The molecule has 0 radical (unpaired) electrons. The van der Waals surface area contributed by atoms with Gasteiger partial charge >= 0.3 is 11.9 Å². The Balaban J connectivity index is 1.93. The summed E-state index contributed by atoms with van der Waals surface area (Å²) >= 11 is 0. The topological polar surface area (TPSA) is 98.7 Å². The third kappa shape index (κ3) is 3.92. The average Bonchev–Trinajstić information content (AvgIpc) is 2.64. The summed E-state index contributed by atoms with van der Waals surface area (Å²) in [7, 11) is 0. The Morgan fingerprint density at radius 1 is 0.808 bits per heavy atom. The first-order valence-corrected chi connectivity index (χ1v) is 8.08. The Morgan fingerprint density at radius 3 is 1.92 bits per heavy atom. The minimum atomic E-state index is -1.12. The zero-order chi connectivity index (χ0) is 18.5. The molecule has 132 valence electrons. The molecule has 0 aliphatic heterocycles. The van der Waals surface area contributed by atoms with Crippen LogP contribution in [0.4, 0.5) is 11.4 Å². The summed E-state index contributed by atoms with van der Waals surface area (Å²) in [6, 6.07) is 17.4. The van der Waals surface area contributed by atoms with Crippen LogP contribution in [-0.4, -0.2) is 28.2 Å². The molecule has 1 aliphatic rings. The maximum absolute atomic E-state index is 11.7. The van der Waals surface area contributed by atoms with Crippen LogP contribution < -0.4 is 10.6 Å². The molecule has 1 aliphatic carbocycles. The van der Waals surface area contributed by atoms with E-state index in [9.17, 15) is 19.8 Å². The van der Waals surface area contributed by atoms with Crippen LogP contribution in [0.25, 0.3) is 0 Å². The van der Waals surface area contributed by atoms with Gasteiger partial charge in [0.25, 0.3) is 0 Å². The van der Waals surface area contributed by atoms with E-state index in [1.54, 1.807) is 24.3 Å². The van der Waals surface area contributed by atoms with E-state index >= 15 is 0 Å². The molecular weight excluding hydrogens is 332 g/mol. The molecule has 2 aromatic rings. The zero-order valence-electron chi connectivity index (χ0n) is 13.8. The van der Waals surface area contributed by atoms with Gasteiger partial charge in [-0.1, -0.05) is 36.4 Å². The van der Waals surface area contributed by atoms with Gasteiger partial charge in [-0.15, -0.1) is 0 Å². The molecule has 6 nitrogen and oxygen atoms in total. The Hall–Kier alpha value is -3.54. The predicted octanol–water partition coefficient (Wildman–Crippen LogP) is 3.19. The maximum atomic E-state index is 11.7. The number of rotatable bonds is 6. The third-order valence-corrected chi connectivity index (χ3v) is 4.04. The van der Waals surface area contributed by atoms with E-state index in [1.807, 2.05) is 36.4 Å². The Morgan fingerprint density at radius 2 is 1.38 bits per heavy atom. The molecule has 3 rings (SSSR count). The first kappa shape index (κ1) is 17.3. The van der Waals surface area contributed by atoms with Gasteiger partial charge in [0.05, 0.1) is 11.6 Å². The van der Waals surface area contributed by atoms with Crippen LogP contribution >= 0.6 is 0 Å². The smallest absolute Gasteiger partial charge is 0.337 e. The predicted molar refractivity (Wildman–Crippen MR) is 98.8 cm³/mol. The summed E-state index contributed by atoms with van der Waals surface area (Å²) in [5, 5.41) is 25.3. The molecule has 0 fully saturated rings. The van der Waals surface area contributed by atoms with E-state index in [4.69, 9.17) is 0 Å². The Bertz CT molecular complexity index is 860. The number of hydrogen-bond donors (Lipinski definition) is 4. The lowest BCUT2D eigenvalue weighted by Gasteiger charge is -2.27. The van der Waals surface area contributed by atoms with Crippen LogP contribution in [-0.2, 0) is 9.59 Å². The number of nitrogens with one attached hydrogen (secondary N) is 2. The summed E-state index contributed by atoms with van der Waals surface area (Å²) in [5.74, 6) is -3.07. The second kappa shape index (κ2) is 7.57. The number of carboxylic acids is 2. The van der Waals surface area contributed by atoms with Gasteiger partial charge in [0.2, 0.25) is 0 Å². The molecule has 4 N–H and O–H groups in total. The lowest BCUT2D eigenvalue weighted by Crippen LogP contribution is -2.36. The number of benzene rings is 2. The first-order chi connectivity index (χ1) is 12.5. The van der Waals surface area contributed by atoms with Crippen LogP contribution in [0.5, 0.6) is 0 Å². The SMILES string of the molecule is O=C(O)C1=CC(Nc2ccccc2)C(C(=O)O)C=C1Nc1ccccc1. The number of para-hydroxylation sites is 2. The highest BCUT2D eigenvalue weighted by atomic mass is 16.4. The van der Waals surface area contributed by atoms with Gasteiger partial charge in [-0.2, -0.15) is 0 Å². The first-order valence-electron chi connectivity index (χ1n) is 8.08. The van der Waals surface area contributed by atoms with E-state index in [-0.39, 0.29) is 11.3 Å².